The summed E-state index contributed by atoms with van der Waals surface area (Å²) < 4.78 is -0.934. The Kier molecular flexibility index (Phi) is 7.56. The molecule has 6 rings (SSSR count). The predicted octanol–water partition coefficient (Wildman–Crippen LogP) is 4.51. The Bertz CT molecular complexity index is 1460. The Hall–Kier alpha value is -3.36. The van der Waals surface area contributed by atoms with Crippen molar-refractivity contribution >= 4 is 40.9 Å². The Morgan fingerprint density at radius 2 is 1.71 bits per heavy atom. The number of likely N-dealkylation sites (tertiary alicyclic amines) is 1. The number of hydrogen-bond acceptors (Lipinski definition) is 5. The highest BCUT2D eigenvalue weighted by atomic mass is 32.2. The van der Waals surface area contributed by atoms with Crippen molar-refractivity contribution in [3.63, 3.8) is 0 Å². The van der Waals surface area contributed by atoms with Gasteiger partial charge >= 0.3 is 0 Å². The number of carbonyl (C=O) groups is 3. The first-order chi connectivity index (χ1) is 20.2. The maximum absolute atomic E-state index is 14.8. The quantitative estimate of drug-likeness (QED) is 0.505. The van der Waals surface area contributed by atoms with Gasteiger partial charge in [-0.15, -0.1) is 11.8 Å². The number of aliphatic hydroxyl groups excluding tert-OH is 1. The Morgan fingerprint density at radius 3 is 2.43 bits per heavy atom. The summed E-state index contributed by atoms with van der Waals surface area (Å²) in [4.78, 5) is 49.2. The standard InChI is InChI=1S/C34H39N3O4S/c1-5-22(3)26(20-38)37-30-33(41)36(25-19-21(2)14-15-23(25)4)18-10-16-34(30)29(32(37)40)28-27(42-34)13-9-17-35(31(28)39)24-11-7-6-8-12-24/h6-16,19,22,26-30,38H,5,17-18,20H2,1-4H3/t22-,26-,27-,28+,29-,30?,34-/m0/s1. The van der Waals surface area contributed by atoms with Crippen LogP contribution in [0.3, 0.4) is 0 Å². The van der Waals surface area contributed by atoms with E-state index in [-0.39, 0.29) is 35.5 Å². The van der Waals surface area contributed by atoms with Crippen LogP contribution in [-0.2, 0) is 14.4 Å². The van der Waals surface area contributed by atoms with Gasteiger partial charge in [0.05, 0.1) is 29.2 Å². The van der Waals surface area contributed by atoms with E-state index in [9.17, 15) is 19.5 Å². The van der Waals surface area contributed by atoms with Gasteiger partial charge in [-0.25, -0.2) is 0 Å². The van der Waals surface area contributed by atoms with Crippen LogP contribution in [0.15, 0.2) is 72.8 Å². The van der Waals surface area contributed by atoms with Crippen molar-refractivity contribution in [3.05, 3.63) is 84.0 Å². The maximum Gasteiger partial charge on any atom is 0.251 e. The third-order valence-electron chi connectivity index (χ3n) is 9.67. The molecule has 0 radical (unpaired) electrons. The lowest BCUT2D eigenvalue weighted by Crippen LogP contribution is -2.58. The first-order valence-corrected chi connectivity index (χ1v) is 15.8. The number of anilines is 2. The molecule has 4 heterocycles. The first kappa shape index (κ1) is 28.7. The minimum absolute atomic E-state index is 0.0321. The first-order valence-electron chi connectivity index (χ1n) is 14.9. The minimum Gasteiger partial charge on any atom is -0.394 e. The van der Waals surface area contributed by atoms with Crippen LogP contribution in [0.5, 0.6) is 0 Å². The Labute approximate surface area is 252 Å². The molecule has 2 fully saturated rings. The Morgan fingerprint density at radius 1 is 0.976 bits per heavy atom. The number of carbonyl (C=O) groups excluding carboxylic acids is 3. The van der Waals surface area contributed by atoms with Gasteiger partial charge < -0.3 is 19.8 Å². The summed E-state index contributed by atoms with van der Waals surface area (Å²) >= 11 is 1.57. The summed E-state index contributed by atoms with van der Waals surface area (Å²) in [5.41, 5.74) is 3.64. The minimum atomic E-state index is -0.934. The molecule has 4 aliphatic rings. The molecule has 2 aromatic carbocycles. The average Bonchev–Trinajstić information content (AvgIpc) is 3.30. The molecule has 0 bridgehead atoms. The zero-order chi connectivity index (χ0) is 29.8. The number of thioether (sulfide) groups is 1. The van der Waals surface area contributed by atoms with Crippen molar-refractivity contribution in [2.45, 2.75) is 56.2 Å². The number of fused-ring (bicyclic) bond motifs is 2. The zero-order valence-electron chi connectivity index (χ0n) is 24.6. The highest BCUT2D eigenvalue weighted by Gasteiger charge is 2.72. The molecule has 0 aromatic heterocycles. The summed E-state index contributed by atoms with van der Waals surface area (Å²) in [6.07, 6.45) is 8.86. The number of para-hydroxylation sites is 1. The number of hydrogen-bond donors (Lipinski definition) is 1. The van der Waals surface area contributed by atoms with Crippen LogP contribution in [-0.4, -0.2) is 69.5 Å². The molecule has 0 saturated carbocycles. The molecule has 8 heteroatoms. The number of benzene rings is 2. The summed E-state index contributed by atoms with van der Waals surface area (Å²) in [6, 6.07) is 14.2. The van der Waals surface area contributed by atoms with Crippen molar-refractivity contribution in [1.29, 1.82) is 0 Å². The Balaban J connectivity index is 1.50. The normalized spacial score (nSPS) is 30.1. The summed E-state index contributed by atoms with van der Waals surface area (Å²) in [5.74, 6) is -1.86. The van der Waals surface area contributed by atoms with E-state index in [0.29, 0.717) is 13.1 Å². The molecule has 0 aliphatic carbocycles. The molecule has 2 aromatic rings. The maximum atomic E-state index is 14.8. The van der Waals surface area contributed by atoms with Crippen LogP contribution in [0.4, 0.5) is 11.4 Å². The molecule has 1 unspecified atom stereocenters. The van der Waals surface area contributed by atoms with Crippen LogP contribution in [0.25, 0.3) is 0 Å². The highest BCUT2D eigenvalue weighted by molar-refractivity contribution is 8.02. The molecule has 3 amide bonds. The average molecular weight is 586 g/mol. The van der Waals surface area contributed by atoms with Gasteiger partial charge in [0.15, 0.2) is 0 Å². The fourth-order valence-corrected chi connectivity index (χ4v) is 9.31. The molecule has 7 nitrogen and oxygen atoms in total. The predicted molar refractivity (Wildman–Crippen MR) is 167 cm³/mol. The van der Waals surface area contributed by atoms with E-state index >= 15 is 0 Å². The van der Waals surface area contributed by atoms with Gasteiger partial charge in [0, 0.05) is 29.7 Å². The van der Waals surface area contributed by atoms with Crippen molar-refractivity contribution in [1.82, 2.24) is 4.90 Å². The topological polar surface area (TPSA) is 81.2 Å². The molecular formula is C34H39N3O4S. The van der Waals surface area contributed by atoms with Crippen LogP contribution in [0, 0.1) is 31.6 Å². The van der Waals surface area contributed by atoms with Crippen LogP contribution < -0.4 is 9.80 Å². The van der Waals surface area contributed by atoms with Gasteiger partial charge in [0.1, 0.15) is 6.04 Å². The third-order valence-corrected chi connectivity index (χ3v) is 11.4. The van der Waals surface area contributed by atoms with Crippen LogP contribution >= 0.6 is 11.8 Å². The fourth-order valence-electron chi connectivity index (χ4n) is 7.31. The molecule has 220 valence electrons. The van der Waals surface area contributed by atoms with Crippen molar-refractivity contribution in [2.24, 2.45) is 17.8 Å². The lowest BCUT2D eigenvalue weighted by molar-refractivity contribution is -0.142. The van der Waals surface area contributed by atoms with Gasteiger partial charge in [-0.3, -0.25) is 14.4 Å². The molecule has 4 aliphatic heterocycles. The number of nitrogens with zero attached hydrogens (tertiary/aromatic N) is 3. The van der Waals surface area contributed by atoms with E-state index in [1.54, 1.807) is 26.5 Å². The lowest BCUT2D eigenvalue weighted by atomic mass is 9.78. The number of rotatable bonds is 6. The molecule has 42 heavy (non-hydrogen) atoms. The summed E-state index contributed by atoms with van der Waals surface area (Å²) in [5, 5.41) is 10.4. The van der Waals surface area contributed by atoms with Gasteiger partial charge in [0.2, 0.25) is 11.8 Å². The van der Waals surface area contributed by atoms with Gasteiger partial charge in [-0.2, -0.15) is 0 Å². The van der Waals surface area contributed by atoms with Gasteiger partial charge in [-0.05, 0) is 49.1 Å². The third kappa shape index (κ3) is 4.33. The van der Waals surface area contributed by atoms with Crippen LogP contribution in [0.1, 0.15) is 31.4 Å². The van der Waals surface area contributed by atoms with E-state index in [1.165, 1.54) is 0 Å². The molecular weight excluding hydrogens is 546 g/mol. The molecule has 7 atom stereocenters. The van der Waals surface area contributed by atoms with Gasteiger partial charge in [-0.1, -0.05) is 74.9 Å². The second-order valence-electron chi connectivity index (χ2n) is 12.1. The second kappa shape index (κ2) is 11.0. The zero-order valence-corrected chi connectivity index (χ0v) is 25.5. The van der Waals surface area contributed by atoms with E-state index in [4.69, 9.17) is 0 Å². The molecule has 1 spiro atoms. The lowest BCUT2D eigenvalue weighted by Gasteiger charge is -2.40. The molecule has 1 N–H and O–H groups in total. The smallest absolute Gasteiger partial charge is 0.251 e. The van der Waals surface area contributed by atoms with Crippen LogP contribution in [0.2, 0.25) is 0 Å². The van der Waals surface area contributed by atoms with Crippen molar-refractivity contribution in [3.8, 4) is 0 Å². The number of aryl methyl sites for hydroxylation is 2. The summed E-state index contributed by atoms with van der Waals surface area (Å²) in [6.45, 7) is 8.60. The van der Waals surface area contributed by atoms with E-state index in [2.05, 4.69) is 6.08 Å². The van der Waals surface area contributed by atoms with Crippen molar-refractivity contribution in [2.75, 3.05) is 29.5 Å². The van der Waals surface area contributed by atoms with E-state index < -0.39 is 28.7 Å². The summed E-state index contributed by atoms with van der Waals surface area (Å²) in [7, 11) is 0. The molecule has 2 saturated heterocycles. The van der Waals surface area contributed by atoms with E-state index in [1.807, 2.05) is 94.5 Å². The number of aliphatic hydroxyl groups is 1. The van der Waals surface area contributed by atoms with Crippen molar-refractivity contribution < 1.29 is 19.5 Å². The van der Waals surface area contributed by atoms with Gasteiger partial charge in [0.25, 0.3) is 5.91 Å². The fraction of sp³-hybridized carbons (Fsp3) is 0.441. The highest BCUT2D eigenvalue weighted by Crippen LogP contribution is 2.62. The SMILES string of the molecule is CC[C@H](C)[C@H](CO)N1C(=O)[C@@H]2[C@@H]3C(=O)N(c4ccccc4)CC=C[C@@H]3S[C@@]23C=CCN(c2cc(C)ccc2C)C(=O)C13. The second-order valence-corrected chi connectivity index (χ2v) is 13.6. The van der Waals surface area contributed by atoms with E-state index in [0.717, 1.165) is 28.9 Å². The largest absolute Gasteiger partial charge is 0.394 e. The monoisotopic (exact) mass is 585 g/mol. The number of amides is 3.